The van der Waals surface area contributed by atoms with E-state index in [0.717, 1.165) is 27.8 Å². The molecule has 0 fully saturated rings. The molecule has 0 aliphatic rings. The Hall–Kier alpha value is -3.55. The van der Waals surface area contributed by atoms with Crippen molar-refractivity contribution in [2.24, 2.45) is 5.73 Å². The molecule has 7 heteroatoms. The number of aromatic nitrogens is 1. The van der Waals surface area contributed by atoms with Crippen molar-refractivity contribution < 1.29 is 9.59 Å². The fraction of sp³-hybridized carbons (Fsp3) is 0.214. The molecule has 3 aromatic carbocycles. The zero-order valence-electron chi connectivity index (χ0n) is 20.3. The van der Waals surface area contributed by atoms with Gasteiger partial charge in [0.1, 0.15) is 5.69 Å². The largest absolute Gasteiger partial charge is 0.364 e. The fourth-order valence-corrected chi connectivity index (χ4v) is 4.14. The Balaban J connectivity index is 0.000000363. The van der Waals surface area contributed by atoms with Crippen molar-refractivity contribution in [2.45, 2.75) is 44.0 Å². The summed E-state index contributed by atoms with van der Waals surface area (Å²) in [5.41, 5.74) is 7.40. The van der Waals surface area contributed by atoms with Gasteiger partial charge in [0.25, 0.3) is 5.91 Å². The Kier molecular flexibility index (Phi) is 9.11. The highest BCUT2D eigenvalue weighted by molar-refractivity contribution is 7.97. The minimum atomic E-state index is -0.421. The molecule has 4 rings (SSSR count). The molecule has 0 unspecified atom stereocenters. The van der Waals surface area contributed by atoms with Crippen LogP contribution in [0.25, 0.3) is 10.8 Å². The summed E-state index contributed by atoms with van der Waals surface area (Å²) in [6.45, 7) is 6.43. The molecule has 0 saturated carbocycles. The minimum Gasteiger partial charge on any atom is -0.364 e. The number of rotatable bonds is 7. The molecule has 0 spiro atoms. The number of carbonyl (C=O) groups excluding carboxylic acids is 2. The summed E-state index contributed by atoms with van der Waals surface area (Å²) < 4.78 is 3.46. The van der Waals surface area contributed by atoms with Gasteiger partial charge in [-0.15, -0.1) is 0 Å². The van der Waals surface area contributed by atoms with E-state index in [1.165, 1.54) is 5.56 Å². The van der Waals surface area contributed by atoms with Crippen LogP contribution in [0.2, 0.25) is 0 Å². The molecule has 1 aromatic heterocycles. The van der Waals surface area contributed by atoms with E-state index < -0.39 is 5.91 Å². The van der Waals surface area contributed by atoms with E-state index in [0.29, 0.717) is 12.1 Å². The third-order valence-electron chi connectivity index (χ3n) is 4.97. The first-order valence-electron chi connectivity index (χ1n) is 11.5. The molecular formula is C28H32N4O2S. The van der Waals surface area contributed by atoms with Gasteiger partial charge in [0.2, 0.25) is 5.91 Å². The van der Waals surface area contributed by atoms with Crippen LogP contribution in [0.15, 0.2) is 90.0 Å². The monoisotopic (exact) mass is 488 g/mol. The topological polar surface area (TPSA) is 100 Å². The van der Waals surface area contributed by atoms with Crippen LogP contribution < -0.4 is 15.8 Å². The Bertz CT molecular complexity index is 1250. The molecular weight excluding hydrogens is 456 g/mol. The average Bonchev–Trinajstić information content (AvgIpc) is 3.38. The molecule has 5 N–H and O–H groups in total. The first-order chi connectivity index (χ1) is 16.7. The van der Waals surface area contributed by atoms with Crippen molar-refractivity contribution in [1.29, 1.82) is 0 Å². The van der Waals surface area contributed by atoms with Crippen LogP contribution in [0.3, 0.4) is 0 Å². The van der Waals surface area contributed by atoms with E-state index >= 15 is 0 Å². The normalized spacial score (nSPS) is 10.9. The van der Waals surface area contributed by atoms with Gasteiger partial charge in [-0.05, 0) is 74.4 Å². The predicted octanol–water partition coefficient (Wildman–Crippen LogP) is 5.92. The number of amides is 2. The summed E-state index contributed by atoms with van der Waals surface area (Å²) in [4.78, 5) is 26.5. The number of carbonyl (C=O) groups is 2. The van der Waals surface area contributed by atoms with Crippen molar-refractivity contribution in [3.8, 4) is 0 Å². The number of nitrogens with two attached hydrogens (primary N) is 1. The van der Waals surface area contributed by atoms with Crippen molar-refractivity contribution >= 4 is 40.2 Å². The smallest absolute Gasteiger partial charge is 0.265 e. The highest BCUT2D eigenvalue weighted by Gasteiger charge is 2.12. The maximum absolute atomic E-state index is 12.4. The standard InChI is InChI=1S/C23H26N2OS.C5H6N2O/c1-23(2,3)25-27-21-14-8-11-18-19(21)12-7-13-20(18)24-22(26)16-15-17-9-5-4-6-10-17;6-5(8)4-2-1-3-7-4/h4-14,25H,15-16H2,1-3H3,(H,24,26);1-3,7H,(H2,6,8). The van der Waals surface area contributed by atoms with Gasteiger partial charge in [-0.2, -0.15) is 0 Å². The first kappa shape index (κ1) is 26.1. The number of primary amides is 1. The van der Waals surface area contributed by atoms with Gasteiger partial charge in [0.15, 0.2) is 0 Å². The van der Waals surface area contributed by atoms with Gasteiger partial charge in [-0.1, -0.05) is 54.6 Å². The molecule has 1 heterocycles. The second-order valence-electron chi connectivity index (χ2n) is 9.09. The average molecular weight is 489 g/mol. The van der Waals surface area contributed by atoms with Gasteiger partial charge >= 0.3 is 0 Å². The molecule has 0 aliphatic heterocycles. The first-order valence-corrected chi connectivity index (χ1v) is 12.3. The van der Waals surface area contributed by atoms with Crippen LogP contribution in [0, 0.1) is 0 Å². The Morgan fingerprint density at radius 2 is 1.60 bits per heavy atom. The van der Waals surface area contributed by atoms with Crippen molar-refractivity contribution in [1.82, 2.24) is 9.71 Å². The number of H-pyrrole nitrogens is 1. The summed E-state index contributed by atoms with van der Waals surface area (Å²) in [6.07, 6.45) is 2.87. The minimum absolute atomic E-state index is 0.0239. The van der Waals surface area contributed by atoms with Crippen molar-refractivity contribution in [3.05, 3.63) is 96.3 Å². The van der Waals surface area contributed by atoms with E-state index in [1.807, 2.05) is 36.4 Å². The number of fused-ring (bicyclic) bond motifs is 1. The Morgan fingerprint density at radius 3 is 2.23 bits per heavy atom. The van der Waals surface area contributed by atoms with Gasteiger partial charge in [0.05, 0.1) is 0 Å². The van der Waals surface area contributed by atoms with E-state index in [2.05, 4.69) is 66.1 Å². The van der Waals surface area contributed by atoms with Crippen LogP contribution in [0.5, 0.6) is 0 Å². The molecule has 4 aromatic rings. The number of benzene rings is 3. The third-order valence-corrected chi connectivity index (χ3v) is 6.26. The Labute approximate surface area is 210 Å². The van der Waals surface area contributed by atoms with Crippen molar-refractivity contribution in [3.63, 3.8) is 0 Å². The van der Waals surface area contributed by atoms with E-state index in [-0.39, 0.29) is 11.4 Å². The number of nitrogens with one attached hydrogen (secondary N) is 3. The zero-order valence-corrected chi connectivity index (χ0v) is 21.1. The van der Waals surface area contributed by atoms with E-state index in [9.17, 15) is 9.59 Å². The lowest BCUT2D eigenvalue weighted by Gasteiger charge is -2.20. The lowest BCUT2D eigenvalue weighted by Crippen LogP contribution is -2.29. The number of anilines is 1. The quantitative estimate of drug-likeness (QED) is 0.243. The molecule has 35 heavy (non-hydrogen) atoms. The van der Waals surface area contributed by atoms with Crippen LogP contribution in [0.4, 0.5) is 5.69 Å². The third kappa shape index (κ3) is 8.31. The lowest BCUT2D eigenvalue weighted by molar-refractivity contribution is -0.116. The number of hydrogen-bond acceptors (Lipinski definition) is 4. The molecule has 0 radical (unpaired) electrons. The molecule has 2 amide bonds. The molecule has 182 valence electrons. The van der Waals surface area contributed by atoms with Gasteiger partial charge in [-0.25, -0.2) is 0 Å². The Morgan fingerprint density at radius 1 is 0.886 bits per heavy atom. The van der Waals surface area contributed by atoms with Crippen LogP contribution in [-0.2, 0) is 11.2 Å². The number of aromatic amines is 1. The number of aryl methyl sites for hydroxylation is 1. The van der Waals surface area contributed by atoms with Gasteiger partial charge < -0.3 is 16.0 Å². The SMILES string of the molecule is CC(C)(C)NSc1cccc2c(NC(=O)CCc3ccccc3)cccc12.NC(=O)c1ccc[nH]1. The van der Waals surface area contributed by atoms with E-state index in [4.69, 9.17) is 5.73 Å². The fourth-order valence-electron chi connectivity index (χ4n) is 3.29. The van der Waals surface area contributed by atoms with Crippen LogP contribution in [0.1, 0.15) is 43.2 Å². The summed E-state index contributed by atoms with van der Waals surface area (Å²) in [6, 6.07) is 25.7. The summed E-state index contributed by atoms with van der Waals surface area (Å²) in [5.74, 6) is -0.382. The molecule has 6 nitrogen and oxygen atoms in total. The lowest BCUT2D eigenvalue weighted by atomic mass is 10.1. The predicted molar refractivity (Wildman–Crippen MR) is 145 cm³/mol. The van der Waals surface area contributed by atoms with Crippen LogP contribution >= 0.6 is 11.9 Å². The second-order valence-corrected chi connectivity index (χ2v) is 9.94. The van der Waals surface area contributed by atoms with E-state index in [1.54, 1.807) is 30.3 Å². The molecule has 0 aliphatic carbocycles. The summed E-state index contributed by atoms with van der Waals surface area (Å²) in [7, 11) is 0. The molecule has 0 bridgehead atoms. The number of hydrogen-bond donors (Lipinski definition) is 4. The maximum atomic E-state index is 12.4. The van der Waals surface area contributed by atoms with Crippen molar-refractivity contribution in [2.75, 3.05) is 5.32 Å². The van der Waals surface area contributed by atoms with Crippen LogP contribution in [-0.4, -0.2) is 22.3 Å². The molecule has 0 saturated heterocycles. The maximum Gasteiger partial charge on any atom is 0.265 e. The summed E-state index contributed by atoms with van der Waals surface area (Å²) in [5, 5.41) is 5.29. The second kappa shape index (κ2) is 12.2. The zero-order chi connectivity index (χ0) is 25.3. The molecule has 0 atom stereocenters. The van der Waals surface area contributed by atoms with Gasteiger partial charge in [-0.3, -0.25) is 14.3 Å². The van der Waals surface area contributed by atoms with Gasteiger partial charge in [0, 0.05) is 34.1 Å². The highest BCUT2D eigenvalue weighted by Crippen LogP contribution is 2.31. The highest BCUT2D eigenvalue weighted by atomic mass is 32.2. The summed E-state index contributed by atoms with van der Waals surface area (Å²) >= 11 is 1.63.